The second kappa shape index (κ2) is 7.31. The van der Waals surface area contributed by atoms with Crippen LogP contribution in [0.1, 0.15) is 51.0 Å². The van der Waals surface area contributed by atoms with Gasteiger partial charge in [-0.05, 0) is 49.7 Å². The summed E-state index contributed by atoms with van der Waals surface area (Å²) in [6, 6.07) is 9.75. The number of nitrogens with one attached hydrogen (secondary N) is 1. The lowest BCUT2D eigenvalue weighted by Gasteiger charge is -2.30. The van der Waals surface area contributed by atoms with Crippen LogP contribution in [-0.4, -0.2) is 25.7 Å². The van der Waals surface area contributed by atoms with E-state index in [4.69, 9.17) is 0 Å². The first kappa shape index (κ1) is 14.9. The summed E-state index contributed by atoms with van der Waals surface area (Å²) in [5, 5.41) is 3.81. The summed E-state index contributed by atoms with van der Waals surface area (Å²) in [5.74, 6) is 0.912. The zero-order valence-electron chi connectivity index (χ0n) is 13.5. The van der Waals surface area contributed by atoms with Gasteiger partial charge in [0.1, 0.15) is 0 Å². The van der Waals surface area contributed by atoms with Gasteiger partial charge in [0.25, 0.3) is 0 Å². The molecule has 2 nitrogen and oxygen atoms in total. The minimum absolute atomic E-state index is 0.760. The van der Waals surface area contributed by atoms with Crippen LogP contribution in [0.15, 0.2) is 24.3 Å². The maximum Gasteiger partial charge on any atom is 0.0399 e. The first-order valence-electron chi connectivity index (χ1n) is 8.89. The zero-order valence-corrected chi connectivity index (χ0v) is 13.5. The van der Waals surface area contributed by atoms with E-state index in [1.807, 2.05) is 0 Å². The van der Waals surface area contributed by atoms with Gasteiger partial charge >= 0.3 is 0 Å². The molecular weight excluding hydrogens is 256 g/mol. The summed E-state index contributed by atoms with van der Waals surface area (Å²) in [7, 11) is 0. The number of anilines is 1. The van der Waals surface area contributed by atoms with E-state index < -0.39 is 0 Å². The van der Waals surface area contributed by atoms with Crippen molar-refractivity contribution in [3.63, 3.8) is 0 Å². The zero-order chi connectivity index (χ0) is 14.5. The third kappa shape index (κ3) is 4.00. The van der Waals surface area contributed by atoms with Crippen LogP contribution in [0.4, 0.5) is 5.69 Å². The molecular formula is C19H30N2. The Morgan fingerprint density at radius 2 is 2.05 bits per heavy atom. The molecule has 1 aromatic rings. The number of rotatable bonds is 4. The Labute approximate surface area is 129 Å². The van der Waals surface area contributed by atoms with E-state index in [1.54, 1.807) is 5.56 Å². The molecule has 0 amide bonds. The maximum atomic E-state index is 3.81. The summed E-state index contributed by atoms with van der Waals surface area (Å²) in [6.07, 6.45) is 9.50. The Kier molecular flexibility index (Phi) is 5.18. The predicted octanol–water partition coefficient (Wildman–Crippen LogP) is 4.00. The standard InChI is InChI=1S/C19H30N2/c1-16-7-6-10-18(15-16)20-12-14-21-13-5-4-9-17-8-2-3-11-19(17)21/h2-3,8,11,16,18,20H,4-7,9-10,12-15H2,1H3. The highest BCUT2D eigenvalue weighted by atomic mass is 15.1. The fourth-order valence-electron chi connectivity index (χ4n) is 4.02. The van der Waals surface area contributed by atoms with Crippen LogP contribution in [0, 0.1) is 5.92 Å². The molecule has 116 valence electrons. The van der Waals surface area contributed by atoms with Crippen LogP contribution in [-0.2, 0) is 6.42 Å². The van der Waals surface area contributed by atoms with Crippen molar-refractivity contribution in [2.75, 3.05) is 24.5 Å². The quantitative estimate of drug-likeness (QED) is 0.900. The van der Waals surface area contributed by atoms with Crippen molar-refractivity contribution in [2.24, 2.45) is 5.92 Å². The lowest BCUT2D eigenvalue weighted by atomic mass is 9.87. The molecule has 0 saturated heterocycles. The molecule has 2 aliphatic rings. The van der Waals surface area contributed by atoms with Gasteiger partial charge in [-0.3, -0.25) is 0 Å². The Bertz CT molecular complexity index is 443. The van der Waals surface area contributed by atoms with Crippen molar-refractivity contribution < 1.29 is 0 Å². The highest BCUT2D eigenvalue weighted by Gasteiger charge is 2.19. The van der Waals surface area contributed by atoms with Crippen LogP contribution >= 0.6 is 0 Å². The molecule has 3 rings (SSSR count). The monoisotopic (exact) mass is 286 g/mol. The number of nitrogens with zero attached hydrogens (tertiary/aromatic N) is 1. The van der Waals surface area contributed by atoms with Crippen molar-refractivity contribution in [3.8, 4) is 0 Å². The minimum atomic E-state index is 0.760. The molecule has 21 heavy (non-hydrogen) atoms. The SMILES string of the molecule is CC1CCCC(NCCN2CCCCc3ccccc32)C1. The van der Waals surface area contributed by atoms with Gasteiger partial charge in [0.05, 0.1) is 0 Å². The number of benzene rings is 1. The largest absolute Gasteiger partial charge is 0.370 e. The molecule has 1 heterocycles. The van der Waals surface area contributed by atoms with E-state index in [9.17, 15) is 0 Å². The average molecular weight is 286 g/mol. The van der Waals surface area contributed by atoms with E-state index in [0.717, 1.165) is 25.0 Å². The van der Waals surface area contributed by atoms with Gasteiger partial charge in [0, 0.05) is 31.4 Å². The lowest BCUT2D eigenvalue weighted by Crippen LogP contribution is -2.39. The Balaban J connectivity index is 1.53. The van der Waals surface area contributed by atoms with Crippen molar-refractivity contribution in [1.29, 1.82) is 0 Å². The molecule has 0 aromatic heterocycles. The van der Waals surface area contributed by atoms with Gasteiger partial charge < -0.3 is 10.2 Å². The topological polar surface area (TPSA) is 15.3 Å². The summed E-state index contributed by atoms with van der Waals surface area (Å²) >= 11 is 0. The molecule has 0 radical (unpaired) electrons. The summed E-state index contributed by atoms with van der Waals surface area (Å²) < 4.78 is 0. The summed E-state index contributed by atoms with van der Waals surface area (Å²) in [4.78, 5) is 2.60. The summed E-state index contributed by atoms with van der Waals surface area (Å²) in [6.45, 7) is 5.91. The van der Waals surface area contributed by atoms with Crippen LogP contribution in [0.3, 0.4) is 0 Å². The van der Waals surface area contributed by atoms with Crippen molar-refractivity contribution in [2.45, 2.75) is 57.9 Å². The van der Waals surface area contributed by atoms with Crippen LogP contribution < -0.4 is 10.2 Å². The number of fused-ring (bicyclic) bond motifs is 1. The molecule has 1 aliphatic heterocycles. The number of aryl methyl sites for hydroxylation is 1. The molecule has 2 unspecified atom stereocenters. The lowest BCUT2D eigenvalue weighted by molar-refractivity contribution is 0.303. The van der Waals surface area contributed by atoms with Crippen LogP contribution in [0.25, 0.3) is 0 Å². The van der Waals surface area contributed by atoms with Gasteiger partial charge in [-0.15, -0.1) is 0 Å². The van der Waals surface area contributed by atoms with E-state index in [2.05, 4.69) is 41.4 Å². The minimum Gasteiger partial charge on any atom is -0.370 e. The number of para-hydroxylation sites is 1. The fourth-order valence-corrected chi connectivity index (χ4v) is 4.02. The van der Waals surface area contributed by atoms with Crippen LogP contribution in [0.5, 0.6) is 0 Å². The number of hydrogen-bond donors (Lipinski definition) is 1. The third-order valence-corrected chi connectivity index (χ3v) is 5.21. The van der Waals surface area contributed by atoms with E-state index in [-0.39, 0.29) is 0 Å². The Morgan fingerprint density at radius 3 is 2.95 bits per heavy atom. The second-order valence-electron chi connectivity index (χ2n) is 7.00. The van der Waals surface area contributed by atoms with E-state index in [1.165, 1.54) is 57.2 Å². The molecule has 1 aliphatic carbocycles. The normalized spacial score (nSPS) is 26.2. The van der Waals surface area contributed by atoms with Crippen molar-refractivity contribution >= 4 is 5.69 Å². The highest BCUT2D eigenvalue weighted by Crippen LogP contribution is 2.26. The Morgan fingerprint density at radius 1 is 1.14 bits per heavy atom. The van der Waals surface area contributed by atoms with Crippen LogP contribution in [0.2, 0.25) is 0 Å². The van der Waals surface area contributed by atoms with Crippen molar-refractivity contribution in [3.05, 3.63) is 29.8 Å². The molecule has 2 heteroatoms. The second-order valence-corrected chi connectivity index (χ2v) is 7.00. The molecule has 0 spiro atoms. The molecule has 2 atom stereocenters. The first-order valence-corrected chi connectivity index (χ1v) is 8.89. The Hall–Kier alpha value is -1.02. The van der Waals surface area contributed by atoms with E-state index >= 15 is 0 Å². The smallest absolute Gasteiger partial charge is 0.0399 e. The van der Waals surface area contributed by atoms with Crippen molar-refractivity contribution in [1.82, 2.24) is 5.32 Å². The third-order valence-electron chi connectivity index (χ3n) is 5.21. The average Bonchev–Trinajstić information content (AvgIpc) is 2.70. The summed E-state index contributed by atoms with van der Waals surface area (Å²) in [5.41, 5.74) is 3.02. The molecule has 1 saturated carbocycles. The molecule has 1 fully saturated rings. The van der Waals surface area contributed by atoms with Gasteiger partial charge in [-0.25, -0.2) is 0 Å². The highest BCUT2D eigenvalue weighted by molar-refractivity contribution is 5.54. The fraction of sp³-hybridized carbons (Fsp3) is 0.684. The maximum absolute atomic E-state index is 3.81. The van der Waals surface area contributed by atoms with Gasteiger partial charge in [0.15, 0.2) is 0 Å². The van der Waals surface area contributed by atoms with Gasteiger partial charge in [-0.2, -0.15) is 0 Å². The van der Waals surface area contributed by atoms with E-state index in [0.29, 0.717) is 0 Å². The molecule has 1 N–H and O–H groups in total. The number of hydrogen-bond acceptors (Lipinski definition) is 2. The predicted molar refractivity (Wildman–Crippen MR) is 91.0 cm³/mol. The molecule has 1 aromatic carbocycles. The van der Waals surface area contributed by atoms with Gasteiger partial charge in [-0.1, -0.05) is 38.0 Å². The molecule has 0 bridgehead atoms. The van der Waals surface area contributed by atoms with Gasteiger partial charge in [0.2, 0.25) is 0 Å². The first-order chi connectivity index (χ1) is 10.3.